The molecular weight excluding hydrogens is 474 g/mol. The lowest BCUT2D eigenvalue weighted by Gasteiger charge is -2.20. The van der Waals surface area contributed by atoms with E-state index >= 15 is 0 Å². The number of benzene rings is 1. The summed E-state index contributed by atoms with van der Waals surface area (Å²) in [5, 5.41) is 3.65. The summed E-state index contributed by atoms with van der Waals surface area (Å²) in [6.45, 7) is 7.48. The highest BCUT2D eigenvalue weighted by Crippen LogP contribution is 2.36. The molecule has 1 N–H and O–H groups in total. The van der Waals surface area contributed by atoms with E-state index in [1.807, 2.05) is 6.20 Å². The third-order valence-corrected chi connectivity index (χ3v) is 9.55. The van der Waals surface area contributed by atoms with Gasteiger partial charge in [-0.25, -0.2) is 13.4 Å². The fourth-order valence-corrected chi connectivity index (χ4v) is 6.90. The van der Waals surface area contributed by atoms with Crippen molar-refractivity contribution in [1.82, 2.24) is 9.88 Å². The summed E-state index contributed by atoms with van der Waals surface area (Å²) in [7, 11) is -3.26. The Hall–Kier alpha value is -1.42. The average Bonchev–Trinajstić information content (AvgIpc) is 3.46. The van der Waals surface area contributed by atoms with Crippen LogP contribution in [0.5, 0.6) is 0 Å². The van der Waals surface area contributed by atoms with Crippen LogP contribution < -0.4 is 5.32 Å². The Morgan fingerprint density at radius 2 is 1.88 bits per heavy atom. The Bertz CT molecular complexity index is 995. The van der Waals surface area contributed by atoms with E-state index in [4.69, 9.17) is 0 Å². The van der Waals surface area contributed by atoms with Gasteiger partial charge in [0.25, 0.3) is 0 Å². The molecule has 1 aromatic heterocycles. The van der Waals surface area contributed by atoms with Gasteiger partial charge in [-0.15, -0.1) is 11.8 Å². The molecule has 1 unspecified atom stereocenters. The van der Waals surface area contributed by atoms with E-state index in [9.17, 15) is 13.2 Å². The van der Waals surface area contributed by atoms with Crippen LogP contribution in [0.25, 0.3) is 0 Å². The molecule has 1 aromatic carbocycles. The number of anilines is 1. The number of carbonyl (C=O) groups excluding carboxylic acids is 1. The van der Waals surface area contributed by atoms with Gasteiger partial charge in [-0.3, -0.25) is 4.79 Å². The lowest BCUT2D eigenvalue weighted by Crippen LogP contribution is -2.25. The molecule has 0 radical (unpaired) electrons. The highest BCUT2D eigenvalue weighted by atomic mass is 32.2. The minimum atomic E-state index is -3.26. The predicted octanol–water partition coefficient (Wildman–Crippen LogP) is 5.28. The molecule has 1 fully saturated rings. The molecule has 33 heavy (non-hydrogen) atoms. The van der Waals surface area contributed by atoms with Gasteiger partial charge in [0.1, 0.15) is 0 Å². The van der Waals surface area contributed by atoms with Crippen molar-refractivity contribution in [2.45, 2.75) is 61.0 Å². The van der Waals surface area contributed by atoms with E-state index in [1.54, 1.807) is 36.0 Å². The minimum Gasteiger partial charge on any atom is -0.303 e. The van der Waals surface area contributed by atoms with Crippen molar-refractivity contribution in [2.75, 3.05) is 37.0 Å². The van der Waals surface area contributed by atoms with Crippen LogP contribution in [0.2, 0.25) is 0 Å². The van der Waals surface area contributed by atoms with Crippen LogP contribution in [-0.4, -0.2) is 55.9 Å². The van der Waals surface area contributed by atoms with Crippen molar-refractivity contribution in [3.8, 4) is 0 Å². The highest BCUT2D eigenvalue weighted by molar-refractivity contribution is 8.01. The van der Waals surface area contributed by atoms with E-state index in [0.717, 1.165) is 54.4 Å². The fourth-order valence-electron chi connectivity index (χ4n) is 4.31. The van der Waals surface area contributed by atoms with Crippen LogP contribution in [0.15, 0.2) is 39.6 Å². The number of amides is 1. The molecule has 1 aliphatic rings. The standard InChI is InChI=1S/C24H35N3O3S3/c1-4-27(5-2)14-15-31-22-17-25-24(32-22)26-23(28)21(16-18-8-6-7-9-18)19-10-12-20(13-11-19)33(3,29)30/h10-13,17-18,21H,4-9,14-16H2,1-3H3,(H,25,26,28). The number of hydrogen-bond acceptors (Lipinski definition) is 7. The summed E-state index contributed by atoms with van der Waals surface area (Å²) >= 11 is 3.28. The molecule has 3 rings (SSSR count). The lowest BCUT2D eigenvalue weighted by molar-refractivity contribution is -0.118. The van der Waals surface area contributed by atoms with Gasteiger partial charge in [0, 0.05) is 18.6 Å². The van der Waals surface area contributed by atoms with Crippen LogP contribution in [0.1, 0.15) is 57.4 Å². The first kappa shape index (κ1) is 26.2. The van der Waals surface area contributed by atoms with Gasteiger partial charge in [-0.1, -0.05) is 63.0 Å². The number of thiazole rings is 1. The number of nitrogens with one attached hydrogen (secondary N) is 1. The van der Waals surface area contributed by atoms with Crippen molar-refractivity contribution in [1.29, 1.82) is 0 Å². The highest BCUT2D eigenvalue weighted by Gasteiger charge is 2.27. The van der Waals surface area contributed by atoms with E-state index in [-0.39, 0.29) is 16.7 Å². The zero-order valence-electron chi connectivity index (χ0n) is 19.7. The van der Waals surface area contributed by atoms with E-state index in [0.29, 0.717) is 11.0 Å². The summed E-state index contributed by atoms with van der Waals surface area (Å²) < 4.78 is 24.8. The average molecular weight is 510 g/mol. The Labute approximate surface area is 206 Å². The molecule has 1 saturated carbocycles. The maximum absolute atomic E-state index is 13.3. The van der Waals surface area contributed by atoms with Gasteiger partial charge < -0.3 is 10.2 Å². The molecule has 182 valence electrons. The third kappa shape index (κ3) is 7.80. The zero-order valence-corrected chi connectivity index (χ0v) is 22.2. The second kappa shape index (κ2) is 12.3. The maximum Gasteiger partial charge on any atom is 0.233 e. The maximum atomic E-state index is 13.3. The molecule has 1 atom stereocenters. The Balaban J connectivity index is 1.67. The molecular formula is C24H35N3O3S3. The summed E-state index contributed by atoms with van der Waals surface area (Å²) in [5.41, 5.74) is 0.858. The van der Waals surface area contributed by atoms with Gasteiger partial charge in [0.15, 0.2) is 15.0 Å². The summed E-state index contributed by atoms with van der Waals surface area (Å²) in [4.78, 5) is 20.4. The SMILES string of the molecule is CCN(CC)CCSc1cnc(NC(=O)C(CC2CCCC2)c2ccc(S(C)(=O)=O)cc2)s1. The number of carbonyl (C=O) groups is 1. The molecule has 1 heterocycles. The van der Waals surface area contributed by atoms with Crippen LogP contribution in [-0.2, 0) is 14.6 Å². The molecule has 6 nitrogen and oxygen atoms in total. The normalized spacial score (nSPS) is 15.8. The molecule has 1 aliphatic carbocycles. The summed E-state index contributed by atoms with van der Waals surface area (Å²) in [6.07, 6.45) is 8.54. The van der Waals surface area contributed by atoms with Gasteiger partial charge in [0.05, 0.1) is 21.2 Å². The second-order valence-corrected chi connectivity index (χ2v) is 13.1. The van der Waals surface area contributed by atoms with E-state index < -0.39 is 9.84 Å². The van der Waals surface area contributed by atoms with Gasteiger partial charge >= 0.3 is 0 Å². The lowest BCUT2D eigenvalue weighted by atomic mass is 9.87. The van der Waals surface area contributed by atoms with Crippen molar-refractivity contribution in [3.63, 3.8) is 0 Å². The molecule has 0 saturated heterocycles. The monoisotopic (exact) mass is 509 g/mol. The topological polar surface area (TPSA) is 79.4 Å². The fraction of sp³-hybridized carbons (Fsp3) is 0.583. The van der Waals surface area contributed by atoms with Crippen molar-refractivity contribution >= 4 is 44.0 Å². The van der Waals surface area contributed by atoms with E-state index in [2.05, 4.69) is 29.0 Å². The Kier molecular flexibility index (Phi) is 9.79. The third-order valence-electron chi connectivity index (χ3n) is 6.33. The van der Waals surface area contributed by atoms with Crippen molar-refractivity contribution in [3.05, 3.63) is 36.0 Å². The first-order chi connectivity index (χ1) is 15.8. The number of nitrogens with zero attached hydrogens (tertiary/aromatic N) is 2. The number of sulfone groups is 1. The quantitative estimate of drug-likeness (QED) is 0.392. The van der Waals surface area contributed by atoms with Crippen molar-refractivity contribution < 1.29 is 13.2 Å². The molecule has 2 aromatic rings. The molecule has 0 aliphatic heterocycles. The van der Waals surface area contributed by atoms with Gasteiger partial charge in [-0.05, 0) is 43.1 Å². The number of thioether (sulfide) groups is 1. The summed E-state index contributed by atoms with van der Waals surface area (Å²) in [5.74, 6) is 1.14. The van der Waals surface area contributed by atoms with Gasteiger partial charge in [0.2, 0.25) is 5.91 Å². The number of aromatic nitrogens is 1. The molecule has 9 heteroatoms. The zero-order chi connectivity index (χ0) is 23.8. The first-order valence-electron chi connectivity index (χ1n) is 11.7. The van der Waals surface area contributed by atoms with Crippen LogP contribution in [0, 0.1) is 5.92 Å². The number of rotatable bonds is 12. The second-order valence-electron chi connectivity index (χ2n) is 8.63. The van der Waals surface area contributed by atoms with E-state index in [1.165, 1.54) is 30.4 Å². The van der Waals surface area contributed by atoms with Crippen LogP contribution >= 0.6 is 23.1 Å². The van der Waals surface area contributed by atoms with Crippen LogP contribution in [0.4, 0.5) is 5.13 Å². The molecule has 1 amide bonds. The summed E-state index contributed by atoms with van der Waals surface area (Å²) in [6, 6.07) is 6.78. The van der Waals surface area contributed by atoms with Crippen LogP contribution in [0.3, 0.4) is 0 Å². The molecule has 0 spiro atoms. The first-order valence-corrected chi connectivity index (χ1v) is 15.4. The largest absolute Gasteiger partial charge is 0.303 e. The molecule has 0 bridgehead atoms. The van der Waals surface area contributed by atoms with Crippen molar-refractivity contribution in [2.24, 2.45) is 5.92 Å². The van der Waals surface area contributed by atoms with Gasteiger partial charge in [-0.2, -0.15) is 0 Å². The smallest absolute Gasteiger partial charge is 0.233 e. The predicted molar refractivity (Wildman–Crippen MR) is 138 cm³/mol. The minimum absolute atomic E-state index is 0.0666. The number of hydrogen-bond donors (Lipinski definition) is 1. The Morgan fingerprint density at radius 1 is 1.21 bits per heavy atom. The Morgan fingerprint density at radius 3 is 2.48 bits per heavy atom.